The molecule has 2 atom stereocenters. The zero-order chi connectivity index (χ0) is 17.9. The first-order valence-electron chi connectivity index (χ1n) is 7.42. The predicted molar refractivity (Wildman–Crippen MR) is 89.7 cm³/mol. The van der Waals surface area contributed by atoms with Crippen molar-refractivity contribution >= 4 is 35.1 Å². The third-order valence-corrected chi connectivity index (χ3v) is 4.91. The molecule has 1 aliphatic rings. The molecule has 1 aromatic rings. The third-order valence-electron chi connectivity index (χ3n) is 4.11. The van der Waals surface area contributed by atoms with E-state index in [1.807, 2.05) is 0 Å². The molecule has 8 heteroatoms. The van der Waals surface area contributed by atoms with E-state index in [0.29, 0.717) is 23.7 Å². The van der Waals surface area contributed by atoms with E-state index in [0.717, 1.165) is 0 Å². The SMILES string of the molecule is COCC1(C(=O)O)CCN(C(=O)C(C)Oc2cccc(Cl)c2Cl)C1. The van der Waals surface area contributed by atoms with Crippen molar-refractivity contribution in [3.05, 3.63) is 28.2 Å². The highest BCUT2D eigenvalue weighted by molar-refractivity contribution is 6.42. The van der Waals surface area contributed by atoms with Crippen LogP contribution in [0.4, 0.5) is 0 Å². The monoisotopic (exact) mass is 375 g/mol. The predicted octanol–water partition coefficient (Wildman–Crippen LogP) is 2.71. The second-order valence-electron chi connectivity index (χ2n) is 5.84. The lowest BCUT2D eigenvalue weighted by Gasteiger charge is -2.25. The van der Waals surface area contributed by atoms with Crippen LogP contribution in [-0.4, -0.2) is 54.8 Å². The number of rotatable bonds is 6. The van der Waals surface area contributed by atoms with Crippen LogP contribution in [0.2, 0.25) is 10.0 Å². The fourth-order valence-corrected chi connectivity index (χ4v) is 3.10. The lowest BCUT2D eigenvalue weighted by Crippen LogP contribution is -2.43. The Morgan fingerprint density at radius 1 is 1.42 bits per heavy atom. The van der Waals surface area contributed by atoms with Crippen LogP contribution in [0.3, 0.4) is 0 Å². The Morgan fingerprint density at radius 3 is 2.75 bits per heavy atom. The number of hydrogen-bond donors (Lipinski definition) is 1. The van der Waals surface area contributed by atoms with Gasteiger partial charge >= 0.3 is 5.97 Å². The fourth-order valence-electron chi connectivity index (χ4n) is 2.76. The summed E-state index contributed by atoms with van der Waals surface area (Å²) in [4.78, 5) is 25.6. The van der Waals surface area contributed by atoms with Gasteiger partial charge in [0.1, 0.15) is 16.2 Å². The van der Waals surface area contributed by atoms with E-state index in [-0.39, 0.29) is 24.1 Å². The average molecular weight is 376 g/mol. The molecule has 0 aromatic heterocycles. The summed E-state index contributed by atoms with van der Waals surface area (Å²) in [7, 11) is 1.45. The summed E-state index contributed by atoms with van der Waals surface area (Å²) < 4.78 is 10.6. The quantitative estimate of drug-likeness (QED) is 0.826. The summed E-state index contributed by atoms with van der Waals surface area (Å²) in [6.07, 6.45) is -0.472. The number of ether oxygens (including phenoxy) is 2. The van der Waals surface area contributed by atoms with Gasteiger partial charge < -0.3 is 19.5 Å². The topological polar surface area (TPSA) is 76.1 Å². The van der Waals surface area contributed by atoms with Crippen LogP contribution < -0.4 is 4.74 Å². The maximum atomic E-state index is 12.6. The van der Waals surface area contributed by atoms with E-state index in [2.05, 4.69) is 0 Å². The highest BCUT2D eigenvalue weighted by Gasteiger charge is 2.47. The van der Waals surface area contributed by atoms with Crippen LogP contribution in [0, 0.1) is 5.41 Å². The molecule has 0 aliphatic carbocycles. The van der Waals surface area contributed by atoms with E-state index in [4.69, 9.17) is 32.7 Å². The van der Waals surface area contributed by atoms with E-state index < -0.39 is 17.5 Å². The number of amides is 1. The first-order valence-corrected chi connectivity index (χ1v) is 8.18. The summed E-state index contributed by atoms with van der Waals surface area (Å²) in [6, 6.07) is 4.91. The average Bonchev–Trinajstić information content (AvgIpc) is 2.97. The van der Waals surface area contributed by atoms with Gasteiger partial charge in [-0.3, -0.25) is 9.59 Å². The number of halogens is 2. The Hall–Kier alpha value is -1.50. The maximum Gasteiger partial charge on any atom is 0.313 e. The molecule has 24 heavy (non-hydrogen) atoms. The van der Waals surface area contributed by atoms with Gasteiger partial charge in [-0.05, 0) is 25.5 Å². The third kappa shape index (κ3) is 3.77. The van der Waals surface area contributed by atoms with Gasteiger partial charge in [-0.15, -0.1) is 0 Å². The van der Waals surface area contributed by atoms with Crippen LogP contribution >= 0.6 is 23.2 Å². The van der Waals surface area contributed by atoms with Gasteiger partial charge in [-0.2, -0.15) is 0 Å². The second kappa shape index (κ2) is 7.59. The van der Waals surface area contributed by atoms with Gasteiger partial charge in [0.05, 0.1) is 11.6 Å². The number of benzene rings is 1. The van der Waals surface area contributed by atoms with Crippen molar-refractivity contribution in [2.24, 2.45) is 5.41 Å². The molecular formula is C16H19Cl2NO5. The van der Waals surface area contributed by atoms with Crippen molar-refractivity contribution in [3.63, 3.8) is 0 Å². The summed E-state index contributed by atoms with van der Waals surface area (Å²) >= 11 is 12.0. The van der Waals surface area contributed by atoms with Crippen molar-refractivity contribution in [1.82, 2.24) is 4.90 Å². The molecule has 1 aliphatic heterocycles. The number of aliphatic carboxylic acids is 1. The Bertz CT molecular complexity index is 639. The van der Waals surface area contributed by atoms with Gasteiger partial charge in [0.2, 0.25) is 0 Å². The molecule has 1 fully saturated rings. The maximum absolute atomic E-state index is 12.6. The minimum absolute atomic E-state index is 0.0570. The van der Waals surface area contributed by atoms with Crippen molar-refractivity contribution < 1.29 is 24.2 Å². The Morgan fingerprint density at radius 2 is 2.12 bits per heavy atom. The van der Waals surface area contributed by atoms with Crippen LogP contribution in [0.5, 0.6) is 5.75 Å². The fraction of sp³-hybridized carbons (Fsp3) is 0.500. The number of carboxylic acid groups (broad SMARTS) is 1. The number of nitrogens with zero attached hydrogens (tertiary/aromatic N) is 1. The molecule has 1 saturated heterocycles. The van der Waals surface area contributed by atoms with E-state index in [1.165, 1.54) is 12.0 Å². The number of hydrogen-bond acceptors (Lipinski definition) is 4. The van der Waals surface area contributed by atoms with Crippen LogP contribution in [-0.2, 0) is 14.3 Å². The van der Waals surface area contributed by atoms with Gasteiger partial charge in [-0.25, -0.2) is 0 Å². The van der Waals surface area contributed by atoms with E-state index in [1.54, 1.807) is 25.1 Å². The molecule has 0 radical (unpaired) electrons. The lowest BCUT2D eigenvalue weighted by molar-refractivity contribution is -0.152. The largest absolute Gasteiger partial charge is 0.481 e. The summed E-state index contributed by atoms with van der Waals surface area (Å²) in [5.41, 5.74) is -1.07. The molecule has 6 nitrogen and oxygen atoms in total. The second-order valence-corrected chi connectivity index (χ2v) is 6.63. The normalized spacial score (nSPS) is 21.6. The van der Waals surface area contributed by atoms with Crippen LogP contribution in [0.15, 0.2) is 18.2 Å². The minimum atomic E-state index is -1.07. The molecular weight excluding hydrogens is 357 g/mol. The van der Waals surface area contributed by atoms with Crippen molar-refractivity contribution in [2.45, 2.75) is 19.4 Å². The smallest absolute Gasteiger partial charge is 0.313 e. The van der Waals surface area contributed by atoms with Gasteiger partial charge in [0.15, 0.2) is 6.10 Å². The minimum Gasteiger partial charge on any atom is -0.481 e. The summed E-state index contributed by atoms with van der Waals surface area (Å²) in [5, 5.41) is 10.0. The molecule has 0 saturated carbocycles. The first-order chi connectivity index (χ1) is 11.3. The first kappa shape index (κ1) is 18.8. The Balaban J connectivity index is 2.06. The summed E-state index contributed by atoms with van der Waals surface area (Å²) in [6.45, 7) is 2.08. The molecule has 1 amide bonds. The zero-order valence-electron chi connectivity index (χ0n) is 13.4. The van der Waals surface area contributed by atoms with Gasteiger partial charge in [-0.1, -0.05) is 29.3 Å². The molecule has 132 valence electrons. The number of methoxy groups -OCH3 is 1. The molecule has 0 bridgehead atoms. The number of carboxylic acids is 1. The van der Waals surface area contributed by atoms with E-state index >= 15 is 0 Å². The molecule has 2 unspecified atom stereocenters. The lowest BCUT2D eigenvalue weighted by atomic mass is 9.88. The molecule has 0 spiro atoms. The molecule has 1 heterocycles. The van der Waals surface area contributed by atoms with Crippen molar-refractivity contribution in [3.8, 4) is 5.75 Å². The van der Waals surface area contributed by atoms with Gasteiger partial charge in [0, 0.05) is 20.2 Å². The molecule has 2 rings (SSSR count). The summed E-state index contributed by atoms with van der Waals surface area (Å²) in [5.74, 6) is -0.956. The standard InChI is InChI=1S/C16H19Cl2NO5/c1-10(24-12-5-3-4-11(17)13(12)18)14(20)19-7-6-16(8-19,9-23-2)15(21)22/h3-5,10H,6-9H2,1-2H3,(H,21,22). The highest BCUT2D eigenvalue weighted by Crippen LogP contribution is 2.34. The molecule has 1 aromatic carbocycles. The Labute approximate surface area is 150 Å². The highest BCUT2D eigenvalue weighted by atomic mass is 35.5. The zero-order valence-corrected chi connectivity index (χ0v) is 14.9. The van der Waals surface area contributed by atoms with Crippen molar-refractivity contribution in [2.75, 3.05) is 26.8 Å². The number of carbonyl (C=O) groups excluding carboxylic acids is 1. The van der Waals surface area contributed by atoms with Crippen LogP contribution in [0.25, 0.3) is 0 Å². The van der Waals surface area contributed by atoms with Crippen LogP contribution in [0.1, 0.15) is 13.3 Å². The molecule has 1 N–H and O–H groups in total. The Kier molecular flexibility index (Phi) is 5.96. The van der Waals surface area contributed by atoms with Gasteiger partial charge in [0.25, 0.3) is 5.91 Å². The number of carbonyl (C=O) groups is 2. The number of likely N-dealkylation sites (tertiary alicyclic amines) is 1. The van der Waals surface area contributed by atoms with E-state index in [9.17, 15) is 14.7 Å². The van der Waals surface area contributed by atoms with Crippen molar-refractivity contribution in [1.29, 1.82) is 0 Å².